The fourth-order valence-electron chi connectivity index (χ4n) is 2.72. The monoisotopic (exact) mass is 329 g/mol. The van der Waals surface area contributed by atoms with Crippen LogP contribution in [0.4, 0.5) is 17.2 Å². The van der Waals surface area contributed by atoms with Crippen molar-refractivity contribution in [2.24, 2.45) is 0 Å². The molecule has 1 aromatic carbocycles. The number of nitro groups is 1. The molecular formula is C17H21N4O3+. The Morgan fingerprint density at radius 2 is 1.92 bits per heavy atom. The van der Waals surface area contributed by atoms with E-state index >= 15 is 0 Å². The number of aromatic nitrogens is 1. The first-order chi connectivity index (χ1) is 11.3. The number of amides is 1. The largest absolute Gasteiger partial charge is 0.357 e. The molecule has 0 saturated carbocycles. The van der Waals surface area contributed by atoms with Gasteiger partial charge in [-0.1, -0.05) is 17.7 Å². The van der Waals surface area contributed by atoms with Gasteiger partial charge >= 0.3 is 11.5 Å². The van der Waals surface area contributed by atoms with Crippen LogP contribution in [0.15, 0.2) is 30.5 Å². The number of benzene rings is 1. The van der Waals surface area contributed by atoms with Gasteiger partial charge in [0.05, 0.1) is 18.2 Å². The van der Waals surface area contributed by atoms with Crippen LogP contribution in [-0.4, -0.2) is 24.4 Å². The molecule has 0 aliphatic rings. The number of likely N-dealkylation sites (N-methyl/N-ethyl adjacent to an activating group) is 1. The number of aromatic amines is 1. The van der Waals surface area contributed by atoms with E-state index in [4.69, 9.17) is 0 Å². The lowest BCUT2D eigenvalue weighted by Crippen LogP contribution is -2.34. The van der Waals surface area contributed by atoms with Crippen LogP contribution in [0.1, 0.15) is 16.7 Å². The van der Waals surface area contributed by atoms with Gasteiger partial charge in [0.25, 0.3) is 5.91 Å². The van der Waals surface area contributed by atoms with E-state index in [0.29, 0.717) is 0 Å². The first kappa shape index (κ1) is 17.4. The zero-order valence-corrected chi connectivity index (χ0v) is 14.2. The SMILES string of the molecule is Cc1cc(C)c(NC(=O)CN(C)c2[nH+]cccc2[N+](=O)[O-])c(C)c1. The fraction of sp³-hybridized carbons (Fsp3) is 0.294. The Morgan fingerprint density at radius 1 is 1.29 bits per heavy atom. The molecule has 0 radical (unpaired) electrons. The summed E-state index contributed by atoms with van der Waals surface area (Å²) in [7, 11) is 1.63. The number of nitrogens with one attached hydrogen (secondary N) is 2. The number of H-pyrrole nitrogens is 1. The molecule has 0 unspecified atom stereocenters. The summed E-state index contributed by atoms with van der Waals surface area (Å²) in [4.78, 5) is 27.3. The van der Waals surface area contributed by atoms with E-state index in [-0.39, 0.29) is 24.0 Å². The number of nitrogens with zero attached hydrogens (tertiary/aromatic N) is 2. The summed E-state index contributed by atoms with van der Waals surface area (Å²) in [5.41, 5.74) is 3.82. The summed E-state index contributed by atoms with van der Waals surface area (Å²) in [5.74, 6) is 0.0501. The molecule has 126 valence electrons. The van der Waals surface area contributed by atoms with Crippen LogP contribution in [0.3, 0.4) is 0 Å². The van der Waals surface area contributed by atoms with Crippen molar-refractivity contribution in [3.63, 3.8) is 0 Å². The van der Waals surface area contributed by atoms with E-state index in [1.165, 1.54) is 11.0 Å². The molecule has 1 amide bonds. The molecule has 7 nitrogen and oxygen atoms in total. The van der Waals surface area contributed by atoms with E-state index < -0.39 is 4.92 Å². The van der Waals surface area contributed by atoms with Crippen LogP contribution in [0.25, 0.3) is 0 Å². The summed E-state index contributed by atoms with van der Waals surface area (Å²) in [6.07, 6.45) is 1.59. The van der Waals surface area contributed by atoms with Crippen LogP contribution in [0.5, 0.6) is 0 Å². The number of carbonyl (C=O) groups excluding carboxylic acids is 1. The van der Waals surface area contributed by atoms with E-state index in [1.54, 1.807) is 19.3 Å². The molecule has 24 heavy (non-hydrogen) atoms. The molecule has 0 spiro atoms. The first-order valence-corrected chi connectivity index (χ1v) is 7.53. The second kappa shape index (κ2) is 7.08. The molecule has 0 bridgehead atoms. The van der Waals surface area contributed by atoms with Gasteiger partial charge in [0, 0.05) is 11.8 Å². The molecule has 0 saturated heterocycles. The summed E-state index contributed by atoms with van der Waals surface area (Å²) >= 11 is 0. The molecular weight excluding hydrogens is 308 g/mol. The molecule has 0 aliphatic heterocycles. The Labute approximate surface area is 140 Å². The second-order valence-corrected chi connectivity index (χ2v) is 5.84. The highest BCUT2D eigenvalue weighted by molar-refractivity contribution is 5.95. The Kier molecular flexibility index (Phi) is 5.13. The minimum atomic E-state index is -0.478. The smallest absolute Gasteiger partial charge is 0.322 e. The lowest BCUT2D eigenvalue weighted by atomic mass is 10.1. The van der Waals surface area contributed by atoms with Gasteiger partial charge in [-0.15, -0.1) is 0 Å². The highest BCUT2D eigenvalue weighted by Gasteiger charge is 2.26. The van der Waals surface area contributed by atoms with Crippen molar-refractivity contribution < 1.29 is 14.7 Å². The van der Waals surface area contributed by atoms with Crippen molar-refractivity contribution in [1.82, 2.24) is 0 Å². The van der Waals surface area contributed by atoms with E-state index in [2.05, 4.69) is 10.3 Å². The lowest BCUT2D eigenvalue weighted by Gasteiger charge is -2.14. The molecule has 1 aromatic heterocycles. The number of rotatable bonds is 5. The highest BCUT2D eigenvalue weighted by Crippen LogP contribution is 2.23. The summed E-state index contributed by atoms with van der Waals surface area (Å²) in [5, 5.41) is 14.0. The van der Waals surface area contributed by atoms with Crippen LogP contribution in [0.2, 0.25) is 0 Å². The van der Waals surface area contributed by atoms with Gasteiger partial charge in [0.2, 0.25) is 0 Å². The first-order valence-electron chi connectivity index (χ1n) is 7.53. The molecule has 7 heteroatoms. The van der Waals surface area contributed by atoms with Gasteiger partial charge in [-0.3, -0.25) is 14.9 Å². The van der Waals surface area contributed by atoms with Gasteiger partial charge in [-0.2, -0.15) is 0 Å². The van der Waals surface area contributed by atoms with Crippen molar-refractivity contribution in [2.45, 2.75) is 20.8 Å². The predicted molar refractivity (Wildman–Crippen MR) is 92.2 cm³/mol. The van der Waals surface area contributed by atoms with Crippen molar-refractivity contribution in [2.75, 3.05) is 23.8 Å². The minimum Gasteiger partial charge on any atom is -0.322 e. The standard InChI is InChI=1S/C17H20N4O3/c1-11-8-12(2)16(13(3)9-11)19-15(22)10-20(4)17-14(21(23)24)6-5-7-18-17/h5-9H,10H2,1-4H3,(H,19,22)/p+1. The average molecular weight is 329 g/mol. The molecule has 2 N–H and O–H groups in total. The highest BCUT2D eigenvalue weighted by atomic mass is 16.6. The van der Waals surface area contributed by atoms with Gasteiger partial charge in [-0.05, 0) is 38.0 Å². The van der Waals surface area contributed by atoms with E-state index in [9.17, 15) is 14.9 Å². The molecule has 0 atom stereocenters. The second-order valence-electron chi connectivity index (χ2n) is 5.84. The fourth-order valence-corrected chi connectivity index (χ4v) is 2.72. The summed E-state index contributed by atoms with van der Waals surface area (Å²) in [6, 6.07) is 6.95. The minimum absolute atomic E-state index is 0.00584. The maximum atomic E-state index is 12.3. The summed E-state index contributed by atoms with van der Waals surface area (Å²) < 4.78 is 0. The molecule has 2 aromatic rings. The van der Waals surface area contributed by atoms with Crippen LogP contribution < -0.4 is 15.2 Å². The molecule has 1 heterocycles. The van der Waals surface area contributed by atoms with Crippen LogP contribution in [0, 0.1) is 30.9 Å². The number of carbonyl (C=O) groups is 1. The van der Waals surface area contributed by atoms with Gasteiger partial charge in [-0.25, -0.2) is 9.88 Å². The normalized spacial score (nSPS) is 10.3. The number of hydrogen-bond donors (Lipinski definition) is 1. The zero-order chi connectivity index (χ0) is 17.9. The lowest BCUT2D eigenvalue weighted by molar-refractivity contribution is -0.411. The molecule has 0 fully saturated rings. The van der Waals surface area contributed by atoms with Crippen molar-refractivity contribution in [1.29, 1.82) is 0 Å². The number of pyridine rings is 1. The van der Waals surface area contributed by atoms with Crippen LogP contribution in [-0.2, 0) is 4.79 Å². The molecule has 2 rings (SSSR count). The summed E-state index contributed by atoms with van der Waals surface area (Å²) in [6.45, 7) is 5.88. The predicted octanol–water partition coefficient (Wildman–Crippen LogP) is 2.41. The Hall–Kier alpha value is -2.96. The van der Waals surface area contributed by atoms with Gasteiger partial charge in [0.15, 0.2) is 6.54 Å². The quantitative estimate of drug-likeness (QED) is 0.674. The van der Waals surface area contributed by atoms with E-state index in [1.807, 2.05) is 32.9 Å². The number of hydrogen-bond acceptors (Lipinski definition) is 4. The Bertz CT molecular complexity index is 766. The zero-order valence-electron chi connectivity index (χ0n) is 14.2. The van der Waals surface area contributed by atoms with Crippen molar-refractivity contribution in [3.8, 4) is 0 Å². The third kappa shape index (κ3) is 3.87. The average Bonchev–Trinajstić information content (AvgIpc) is 2.50. The topological polar surface area (TPSA) is 89.6 Å². The number of aryl methyl sites for hydroxylation is 3. The maximum Gasteiger partial charge on any atom is 0.357 e. The van der Waals surface area contributed by atoms with E-state index in [0.717, 1.165) is 22.4 Å². The third-order valence-corrected chi connectivity index (χ3v) is 3.71. The number of anilines is 2. The Morgan fingerprint density at radius 3 is 2.50 bits per heavy atom. The van der Waals surface area contributed by atoms with Crippen molar-refractivity contribution >= 4 is 23.1 Å². The molecule has 0 aliphatic carbocycles. The van der Waals surface area contributed by atoms with Gasteiger partial charge < -0.3 is 5.32 Å². The van der Waals surface area contributed by atoms with Crippen LogP contribution >= 0.6 is 0 Å². The van der Waals surface area contributed by atoms with Gasteiger partial charge in [0.1, 0.15) is 0 Å². The van der Waals surface area contributed by atoms with Crippen molar-refractivity contribution in [3.05, 3.63) is 57.3 Å². The third-order valence-electron chi connectivity index (χ3n) is 3.71. The Balaban J connectivity index is 2.15. The maximum absolute atomic E-state index is 12.3.